The Kier molecular flexibility index (Phi) is 4.35. The zero-order valence-electron chi connectivity index (χ0n) is 15.5. The Morgan fingerprint density at radius 2 is 1.75 bits per heavy atom. The molecule has 0 spiro atoms. The van der Waals surface area contributed by atoms with Crippen molar-refractivity contribution in [1.29, 1.82) is 0 Å². The molecule has 1 N–H and O–H groups in total. The molecule has 3 aromatic rings. The van der Waals surface area contributed by atoms with Crippen LogP contribution < -0.4 is 5.32 Å². The Labute approximate surface area is 162 Å². The largest absolute Gasteiger partial charge is 0.464 e. The first kappa shape index (κ1) is 17.0. The molecule has 1 saturated heterocycles. The van der Waals surface area contributed by atoms with Gasteiger partial charge in [-0.25, -0.2) is 9.97 Å². The molecule has 7 heteroatoms. The summed E-state index contributed by atoms with van der Waals surface area (Å²) in [6, 6.07) is 7.68. The molecule has 0 aromatic carbocycles. The lowest BCUT2D eigenvalue weighted by Gasteiger charge is -2.32. The van der Waals surface area contributed by atoms with Crippen molar-refractivity contribution in [2.75, 3.05) is 18.4 Å². The molecule has 3 aromatic heterocycles. The third-order valence-electron chi connectivity index (χ3n) is 5.40. The lowest BCUT2D eigenvalue weighted by atomic mass is 10.0. The van der Waals surface area contributed by atoms with Crippen molar-refractivity contribution in [3.63, 3.8) is 0 Å². The van der Waals surface area contributed by atoms with Crippen LogP contribution in [0.3, 0.4) is 0 Å². The average Bonchev–Trinajstić information content (AvgIpc) is 3.19. The van der Waals surface area contributed by atoms with Gasteiger partial charge in [0.25, 0.3) is 0 Å². The van der Waals surface area contributed by atoms with Gasteiger partial charge in [-0.05, 0) is 49.9 Å². The van der Waals surface area contributed by atoms with E-state index in [0.717, 1.165) is 44.3 Å². The minimum absolute atomic E-state index is 0.252. The molecule has 2 fully saturated rings. The molecule has 4 heterocycles. The summed E-state index contributed by atoms with van der Waals surface area (Å²) in [5.41, 5.74) is 1.48. The van der Waals surface area contributed by atoms with E-state index in [1.807, 2.05) is 29.2 Å². The summed E-state index contributed by atoms with van der Waals surface area (Å²) in [6.07, 6.45) is 8.94. The number of furan rings is 2. The normalized spacial score (nSPS) is 17.6. The van der Waals surface area contributed by atoms with E-state index in [2.05, 4.69) is 10.3 Å². The maximum absolute atomic E-state index is 12.2. The first-order valence-corrected chi connectivity index (χ1v) is 9.78. The lowest BCUT2D eigenvalue weighted by Crippen LogP contribution is -2.43. The minimum atomic E-state index is 0.252. The zero-order valence-corrected chi connectivity index (χ0v) is 15.5. The Bertz CT molecular complexity index is 940. The summed E-state index contributed by atoms with van der Waals surface area (Å²) in [6.45, 7) is 1.59. The lowest BCUT2D eigenvalue weighted by molar-refractivity contribution is -0.133. The summed E-state index contributed by atoms with van der Waals surface area (Å²) in [5.74, 6) is 2.55. The van der Waals surface area contributed by atoms with Crippen LogP contribution in [0, 0.1) is 5.92 Å². The minimum Gasteiger partial charge on any atom is -0.464 e. The third kappa shape index (κ3) is 3.40. The fourth-order valence-corrected chi connectivity index (χ4v) is 3.68. The summed E-state index contributed by atoms with van der Waals surface area (Å²) < 4.78 is 11.1. The van der Waals surface area contributed by atoms with Gasteiger partial charge in [-0.15, -0.1) is 0 Å². The predicted octanol–water partition coefficient (Wildman–Crippen LogP) is 3.81. The van der Waals surface area contributed by atoms with Crippen LogP contribution in [0.4, 0.5) is 5.95 Å². The smallest absolute Gasteiger partial charge is 0.225 e. The van der Waals surface area contributed by atoms with Gasteiger partial charge in [0, 0.05) is 31.2 Å². The highest BCUT2D eigenvalue weighted by molar-refractivity contribution is 5.81. The molecule has 28 heavy (non-hydrogen) atoms. The number of nitrogens with zero attached hydrogens (tertiary/aromatic N) is 3. The van der Waals surface area contributed by atoms with Crippen molar-refractivity contribution in [2.24, 2.45) is 5.92 Å². The van der Waals surface area contributed by atoms with Crippen LogP contribution in [-0.2, 0) is 4.79 Å². The first-order chi connectivity index (χ1) is 13.8. The van der Waals surface area contributed by atoms with Crippen molar-refractivity contribution in [3.05, 3.63) is 43.0 Å². The van der Waals surface area contributed by atoms with E-state index in [9.17, 15) is 4.79 Å². The van der Waals surface area contributed by atoms with E-state index >= 15 is 0 Å². The van der Waals surface area contributed by atoms with Gasteiger partial charge in [0.2, 0.25) is 11.9 Å². The highest BCUT2D eigenvalue weighted by Gasteiger charge is 2.35. The molecule has 7 nitrogen and oxygen atoms in total. The van der Waals surface area contributed by atoms with Crippen LogP contribution >= 0.6 is 0 Å². The maximum Gasteiger partial charge on any atom is 0.225 e. The maximum atomic E-state index is 12.2. The van der Waals surface area contributed by atoms with Crippen molar-refractivity contribution in [2.45, 2.75) is 31.7 Å². The number of likely N-dealkylation sites (tertiary alicyclic amines) is 1. The zero-order chi connectivity index (χ0) is 18.9. The van der Waals surface area contributed by atoms with Crippen LogP contribution in [0.1, 0.15) is 25.7 Å². The fraction of sp³-hybridized carbons (Fsp3) is 0.381. The summed E-state index contributed by atoms with van der Waals surface area (Å²) in [7, 11) is 0. The summed E-state index contributed by atoms with van der Waals surface area (Å²) >= 11 is 0. The molecule has 1 saturated carbocycles. The van der Waals surface area contributed by atoms with E-state index in [0.29, 0.717) is 29.1 Å². The van der Waals surface area contributed by atoms with Gasteiger partial charge in [-0.1, -0.05) is 0 Å². The van der Waals surface area contributed by atoms with E-state index in [1.165, 1.54) is 0 Å². The van der Waals surface area contributed by atoms with Gasteiger partial charge in [-0.3, -0.25) is 4.79 Å². The van der Waals surface area contributed by atoms with Crippen molar-refractivity contribution in [3.8, 4) is 22.8 Å². The SMILES string of the molecule is O=C(C1CC1)N1CCC(Nc2ncc(-c3ccco3)c(-c3ccco3)n2)CC1. The van der Waals surface area contributed by atoms with Crippen molar-refractivity contribution < 1.29 is 13.6 Å². The second-order valence-corrected chi connectivity index (χ2v) is 7.43. The van der Waals surface area contributed by atoms with Crippen LogP contribution in [0.15, 0.2) is 51.8 Å². The molecule has 0 unspecified atom stereocenters. The van der Waals surface area contributed by atoms with Gasteiger partial charge < -0.3 is 19.1 Å². The average molecular weight is 378 g/mol. The number of amides is 1. The number of piperidine rings is 1. The van der Waals surface area contributed by atoms with E-state index < -0.39 is 0 Å². The van der Waals surface area contributed by atoms with Gasteiger partial charge >= 0.3 is 0 Å². The van der Waals surface area contributed by atoms with E-state index in [1.54, 1.807) is 18.7 Å². The van der Waals surface area contributed by atoms with Crippen LogP contribution in [-0.4, -0.2) is 39.9 Å². The number of carbonyl (C=O) groups is 1. The first-order valence-electron chi connectivity index (χ1n) is 9.78. The van der Waals surface area contributed by atoms with Crippen molar-refractivity contribution >= 4 is 11.9 Å². The number of anilines is 1. The highest BCUT2D eigenvalue weighted by atomic mass is 16.3. The predicted molar refractivity (Wildman–Crippen MR) is 103 cm³/mol. The molecule has 5 rings (SSSR count). The number of rotatable bonds is 5. The van der Waals surface area contributed by atoms with E-state index in [4.69, 9.17) is 13.8 Å². The molecule has 0 radical (unpaired) electrons. The molecular formula is C21H22N4O3. The number of hydrogen-bond acceptors (Lipinski definition) is 6. The van der Waals surface area contributed by atoms with Crippen LogP contribution in [0.5, 0.6) is 0 Å². The second kappa shape index (κ2) is 7.14. The van der Waals surface area contributed by atoms with Gasteiger partial charge in [0.1, 0.15) is 11.5 Å². The number of nitrogens with one attached hydrogen (secondary N) is 1. The number of aromatic nitrogens is 2. The molecule has 0 bridgehead atoms. The van der Waals surface area contributed by atoms with Gasteiger partial charge in [-0.2, -0.15) is 0 Å². The second-order valence-electron chi connectivity index (χ2n) is 7.43. The van der Waals surface area contributed by atoms with Crippen LogP contribution in [0.25, 0.3) is 22.8 Å². The summed E-state index contributed by atoms with van der Waals surface area (Å²) in [4.78, 5) is 23.4. The Hall–Kier alpha value is -3.09. The monoisotopic (exact) mass is 378 g/mol. The molecule has 1 amide bonds. The summed E-state index contributed by atoms with van der Waals surface area (Å²) in [5, 5.41) is 3.43. The molecular weight excluding hydrogens is 356 g/mol. The molecule has 1 aliphatic carbocycles. The fourth-order valence-electron chi connectivity index (χ4n) is 3.68. The van der Waals surface area contributed by atoms with E-state index in [-0.39, 0.29) is 12.0 Å². The number of hydrogen-bond donors (Lipinski definition) is 1. The molecule has 144 valence electrons. The third-order valence-corrected chi connectivity index (χ3v) is 5.40. The van der Waals surface area contributed by atoms with Crippen molar-refractivity contribution in [1.82, 2.24) is 14.9 Å². The topological polar surface area (TPSA) is 84.4 Å². The van der Waals surface area contributed by atoms with Crippen LogP contribution in [0.2, 0.25) is 0 Å². The molecule has 0 atom stereocenters. The van der Waals surface area contributed by atoms with Gasteiger partial charge in [0.05, 0.1) is 18.1 Å². The Balaban J connectivity index is 1.32. The Morgan fingerprint density at radius 3 is 2.39 bits per heavy atom. The molecule has 2 aliphatic rings. The standard InChI is InChI=1S/C21H22N4O3/c26-20(14-5-6-14)25-9-7-15(8-10-25)23-21-22-13-16(17-3-1-11-27-17)19(24-21)18-4-2-12-28-18/h1-4,11-15H,5-10H2,(H,22,23,24). The Morgan fingerprint density at radius 1 is 1.04 bits per heavy atom. The van der Waals surface area contributed by atoms with Gasteiger partial charge in [0.15, 0.2) is 5.76 Å². The molecule has 1 aliphatic heterocycles. The highest BCUT2D eigenvalue weighted by Crippen LogP contribution is 2.33. The number of carbonyl (C=O) groups excluding carboxylic acids is 1. The quantitative estimate of drug-likeness (QED) is 0.727.